The van der Waals surface area contributed by atoms with E-state index in [0.717, 1.165) is 109 Å². The Kier molecular flexibility index (Phi) is 47.4. The molecule has 0 aliphatic heterocycles. The van der Waals surface area contributed by atoms with E-state index in [1.165, 1.54) is 103 Å². The first kappa shape index (κ1) is 58.1. The maximum atomic E-state index is 12.8. The van der Waals surface area contributed by atoms with Crippen LogP contribution in [0, 0.1) is 0 Å². The van der Waals surface area contributed by atoms with E-state index in [0.29, 0.717) is 19.3 Å². The number of unbranched alkanes of at least 4 members (excludes halogenated alkanes) is 25. The summed E-state index contributed by atoms with van der Waals surface area (Å²) >= 11 is 0. The summed E-state index contributed by atoms with van der Waals surface area (Å²) in [6.45, 7) is 6.48. The molecule has 0 N–H and O–H groups in total. The lowest BCUT2D eigenvalue weighted by Gasteiger charge is -2.18. The molecular formula is C55H96O6. The fourth-order valence-electron chi connectivity index (χ4n) is 7.13. The lowest BCUT2D eigenvalue weighted by Crippen LogP contribution is -2.30. The summed E-state index contributed by atoms with van der Waals surface area (Å²) < 4.78 is 16.8. The predicted molar refractivity (Wildman–Crippen MR) is 261 cm³/mol. The predicted octanol–water partition coefficient (Wildman–Crippen LogP) is 16.9. The molecule has 0 saturated heterocycles. The molecule has 1 atom stereocenters. The third-order valence-corrected chi connectivity index (χ3v) is 11.0. The normalized spacial score (nSPS) is 12.5. The highest BCUT2D eigenvalue weighted by molar-refractivity contribution is 5.71. The second kappa shape index (κ2) is 49.8. The molecule has 0 fully saturated rings. The van der Waals surface area contributed by atoms with Crippen LogP contribution in [0.4, 0.5) is 0 Å². The van der Waals surface area contributed by atoms with E-state index in [9.17, 15) is 14.4 Å². The van der Waals surface area contributed by atoms with E-state index in [-0.39, 0.29) is 31.1 Å². The third-order valence-electron chi connectivity index (χ3n) is 11.0. The first-order chi connectivity index (χ1) is 30.0. The van der Waals surface area contributed by atoms with Gasteiger partial charge in [0.05, 0.1) is 0 Å². The maximum absolute atomic E-state index is 12.8. The minimum absolute atomic E-state index is 0.0823. The van der Waals surface area contributed by atoms with Crippen molar-refractivity contribution in [3.05, 3.63) is 60.8 Å². The average Bonchev–Trinajstić information content (AvgIpc) is 3.26. The number of hydrogen-bond donors (Lipinski definition) is 0. The van der Waals surface area contributed by atoms with Crippen LogP contribution in [-0.4, -0.2) is 37.2 Å². The quantitative estimate of drug-likeness (QED) is 0.0263. The van der Waals surface area contributed by atoms with Crippen molar-refractivity contribution in [3.8, 4) is 0 Å². The summed E-state index contributed by atoms with van der Waals surface area (Å²) in [4.78, 5) is 37.9. The molecule has 0 aliphatic rings. The van der Waals surface area contributed by atoms with Crippen molar-refractivity contribution in [1.82, 2.24) is 0 Å². The standard InChI is InChI=1S/C55H96O6/c1-4-7-10-13-16-19-22-24-26-27-29-30-33-36-39-42-45-48-54(57)60-51-52(50-59-53(56)47-44-41-38-35-32-21-18-15-12-9-6-3)61-55(58)49-46-43-40-37-34-31-28-25-23-20-17-14-11-8-5-2/h8,11,16-17,19-20,24-26,28,52H,4-7,9-10,12-15,18,21-23,27,29-51H2,1-3H3/b11-8-,19-16-,20-17-,26-24-,28-25-/t52-/m1/s1. The summed E-state index contributed by atoms with van der Waals surface area (Å²) in [6, 6.07) is 0. The molecule has 0 bridgehead atoms. The van der Waals surface area contributed by atoms with Crippen LogP contribution < -0.4 is 0 Å². The Morgan fingerprint density at radius 1 is 0.344 bits per heavy atom. The van der Waals surface area contributed by atoms with E-state index >= 15 is 0 Å². The second-order valence-electron chi connectivity index (χ2n) is 17.1. The van der Waals surface area contributed by atoms with Crippen molar-refractivity contribution in [2.75, 3.05) is 13.2 Å². The molecule has 0 unspecified atom stereocenters. The van der Waals surface area contributed by atoms with Gasteiger partial charge in [0.1, 0.15) is 13.2 Å². The Morgan fingerprint density at radius 2 is 0.639 bits per heavy atom. The van der Waals surface area contributed by atoms with Gasteiger partial charge in [-0.3, -0.25) is 14.4 Å². The van der Waals surface area contributed by atoms with Gasteiger partial charge in [-0.1, -0.05) is 210 Å². The lowest BCUT2D eigenvalue weighted by molar-refractivity contribution is -0.167. The molecule has 0 amide bonds. The number of ether oxygens (including phenoxy) is 3. The molecule has 0 radical (unpaired) electrons. The molecule has 0 aromatic rings. The van der Waals surface area contributed by atoms with E-state index in [2.05, 4.69) is 81.5 Å². The van der Waals surface area contributed by atoms with Crippen molar-refractivity contribution in [1.29, 1.82) is 0 Å². The van der Waals surface area contributed by atoms with Gasteiger partial charge in [0.15, 0.2) is 6.10 Å². The van der Waals surface area contributed by atoms with Gasteiger partial charge in [0, 0.05) is 19.3 Å². The summed E-state index contributed by atoms with van der Waals surface area (Å²) in [7, 11) is 0. The van der Waals surface area contributed by atoms with Crippen LogP contribution in [0.1, 0.15) is 252 Å². The minimum Gasteiger partial charge on any atom is -0.462 e. The van der Waals surface area contributed by atoms with Gasteiger partial charge in [-0.15, -0.1) is 0 Å². The highest BCUT2D eigenvalue weighted by Gasteiger charge is 2.19. The number of carbonyl (C=O) groups is 3. The molecular weight excluding hydrogens is 757 g/mol. The number of hydrogen-bond acceptors (Lipinski definition) is 6. The summed E-state index contributed by atoms with van der Waals surface area (Å²) in [6.07, 6.45) is 60.5. The van der Waals surface area contributed by atoms with Crippen molar-refractivity contribution >= 4 is 17.9 Å². The van der Waals surface area contributed by atoms with E-state index < -0.39 is 6.10 Å². The first-order valence-electron chi connectivity index (χ1n) is 25.8. The Morgan fingerprint density at radius 3 is 1.03 bits per heavy atom. The van der Waals surface area contributed by atoms with Crippen LogP contribution in [0.3, 0.4) is 0 Å². The number of rotatable bonds is 46. The molecule has 0 spiro atoms. The smallest absolute Gasteiger partial charge is 0.306 e. The van der Waals surface area contributed by atoms with Crippen molar-refractivity contribution in [3.63, 3.8) is 0 Å². The summed E-state index contributed by atoms with van der Waals surface area (Å²) in [5, 5.41) is 0. The Hall–Kier alpha value is -2.89. The van der Waals surface area contributed by atoms with Gasteiger partial charge < -0.3 is 14.2 Å². The largest absolute Gasteiger partial charge is 0.462 e. The van der Waals surface area contributed by atoms with Gasteiger partial charge in [0.2, 0.25) is 0 Å². The number of carbonyl (C=O) groups excluding carboxylic acids is 3. The summed E-state index contributed by atoms with van der Waals surface area (Å²) in [5.74, 6) is -0.904. The Balaban J connectivity index is 4.39. The van der Waals surface area contributed by atoms with Gasteiger partial charge >= 0.3 is 17.9 Å². The molecule has 6 heteroatoms. The van der Waals surface area contributed by atoms with Crippen LogP contribution in [0.15, 0.2) is 60.8 Å². The molecule has 0 aromatic heterocycles. The van der Waals surface area contributed by atoms with Crippen LogP contribution in [0.25, 0.3) is 0 Å². The zero-order valence-electron chi connectivity index (χ0n) is 40.2. The molecule has 0 aliphatic carbocycles. The van der Waals surface area contributed by atoms with Gasteiger partial charge in [0.25, 0.3) is 0 Å². The Labute approximate surface area is 377 Å². The first-order valence-corrected chi connectivity index (χ1v) is 25.8. The fraction of sp³-hybridized carbons (Fsp3) is 0.764. The van der Waals surface area contributed by atoms with Gasteiger partial charge in [-0.05, 0) is 83.5 Å². The molecule has 0 saturated carbocycles. The van der Waals surface area contributed by atoms with Crippen LogP contribution in [0.2, 0.25) is 0 Å². The number of esters is 3. The molecule has 0 heterocycles. The minimum atomic E-state index is -0.783. The Bertz CT molecular complexity index is 1120. The molecule has 352 valence electrons. The topological polar surface area (TPSA) is 78.9 Å². The third kappa shape index (κ3) is 48.0. The van der Waals surface area contributed by atoms with Gasteiger partial charge in [-0.2, -0.15) is 0 Å². The highest BCUT2D eigenvalue weighted by atomic mass is 16.6. The molecule has 6 nitrogen and oxygen atoms in total. The maximum Gasteiger partial charge on any atom is 0.306 e. The number of allylic oxidation sites excluding steroid dienone is 10. The SMILES string of the molecule is CC/C=C\C/C=C\C/C=C\CCCCCCCC(=O)O[C@@H](COC(=O)CCCCCCCCC/C=C\C/C=C\CCCCC)COC(=O)CCCCCCCCCCCCC. The molecule has 61 heavy (non-hydrogen) atoms. The fourth-order valence-corrected chi connectivity index (χ4v) is 7.13. The van der Waals surface area contributed by atoms with Crippen molar-refractivity contribution in [2.24, 2.45) is 0 Å². The van der Waals surface area contributed by atoms with E-state index in [1.807, 2.05) is 0 Å². The highest BCUT2D eigenvalue weighted by Crippen LogP contribution is 2.15. The van der Waals surface area contributed by atoms with Crippen molar-refractivity contribution < 1.29 is 28.6 Å². The van der Waals surface area contributed by atoms with Crippen LogP contribution >= 0.6 is 0 Å². The zero-order chi connectivity index (χ0) is 44.4. The van der Waals surface area contributed by atoms with Crippen molar-refractivity contribution in [2.45, 2.75) is 258 Å². The van der Waals surface area contributed by atoms with Gasteiger partial charge in [-0.25, -0.2) is 0 Å². The van der Waals surface area contributed by atoms with Crippen LogP contribution in [-0.2, 0) is 28.6 Å². The summed E-state index contributed by atoms with van der Waals surface area (Å²) in [5.41, 5.74) is 0. The monoisotopic (exact) mass is 853 g/mol. The average molecular weight is 853 g/mol. The van der Waals surface area contributed by atoms with Crippen LogP contribution in [0.5, 0.6) is 0 Å². The van der Waals surface area contributed by atoms with E-state index in [4.69, 9.17) is 14.2 Å². The molecule has 0 aromatic carbocycles. The van der Waals surface area contributed by atoms with E-state index in [1.54, 1.807) is 0 Å². The molecule has 0 rings (SSSR count). The lowest BCUT2D eigenvalue weighted by atomic mass is 10.1. The second-order valence-corrected chi connectivity index (χ2v) is 17.1. The zero-order valence-corrected chi connectivity index (χ0v) is 40.2.